The topological polar surface area (TPSA) is 97.6 Å². The molecule has 2 amide bonds. The van der Waals surface area contributed by atoms with Gasteiger partial charge in [0.2, 0.25) is 17.7 Å². The minimum absolute atomic E-state index is 0.00742. The number of carbonyl (C=O) groups excluding carboxylic acids is 2. The highest BCUT2D eigenvalue weighted by Gasteiger charge is 2.23. The molecule has 0 bridgehead atoms. The summed E-state index contributed by atoms with van der Waals surface area (Å²) in [6.45, 7) is 2.93. The van der Waals surface area contributed by atoms with Crippen molar-refractivity contribution in [1.29, 1.82) is 0 Å². The zero-order valence-corrected chi connectivity index (χ0v) is 17.5. The van der Waals surface area contributed by atoms with Crippen LogP contribution in [0.1, 0.15) is 36.5 Å². The molecule has 1 aromatic carbocycles. The zero-order valence-electron chi connectivity index (χ0n) is 16.7. The molecule has 1 saturated heterocycles. The second-order valence-electron chi connectivity index (χ2n) is 6.99. The lowest BCUT2D eigenvalue weighted by Gasteiger charge is -2.21. The number of nitrogens with one attached hydrogen (secondary N) is 1. The quantitative estimate of drug-likeness (QED) is 0.702. The first kappa shape index (κ1) is 21.2. The molecule has 29 heavy (non-hydrogen) atoms. The van der Waals surface area contributed by atoms with E-state index in [0.29, 0.717) is 49.2 Å². The lowest BCUT2D eigenvalue weighted by Crippen LogP contribution is -2.36. The molecule has 1 aliphatic rings. The minimum atomic E-state index is -0.0371. The van der Waals surface area contributed by atoms with Crippen LogP contribution in [-0.2, 0) is 21.9 Å². The number of thioether (sulfide) groups is 1. The number of likely N-dealkylation sites (tertiary alicyclic amines) is 1. The fourth-order valence-corrected chi connectivity index (χ4v) is 3.90. The summed E-state index contributed by atoms with van der Waals surface area (Å²) in [5.41, 5.74) is 1.04. The Hall–Kier alpha value is -2.55. The first-order valence-electron chi connectivity index (χ1n) is 9.60. The Balaban J connectivity index is 1.44. The lowest BCUT2D eigenvalue weighted by atomic mass is 10.1. The summed E-state index contributed by atoms with van der Waals surface area (Å²) in [6, 6.07) is 7.75. The van der Waals surface area contributed by atoms with Crippen molar-refractivity contribution in [2.45, 2.75) is 44.5 Å². The SMILES string of the molecule is COc1cccc(CN2CCC(NC(=O)CSCc3nc(C)no3)CCC2=O)c1. The molecular weight excluding hydrogens is 392 g/mol. The standard InChI is InChI=1S/C20H26N4O4S/c1-14-21-19(28-23-14)13-29-12-18(25)22-16-6-7-20(26)24(9-8-16)11-15-4-3-5-17(10-15)27-2/h3-5,10,16H,6-9,11-13H2,1-2H3,(H,22,25). The molecule has 0 saturated carbocycles. The van der Waals surface area contributed by atoms with Crippen LogP contribution in [0.4, 0.5) is 0 Å². The van der Waals surface area contributed by atoms with Gasteiger partial charge in [-0.2, -0.15) is 4.98 Å². The molecule has 2 heterocycles. The highest BCUT2D eigenvalue weighted by Crippen LogP contribution is 2.19. The predicted octanol–water partition coefficient (Wildman–Crippen LogP) is 2.32. The maximum atomic E-state index is 12.5. The number of amides is 2. The molecule has 1 aliphatic heterocycles. The number of aromatic nitrogens is 2. The second kappa shape index (κ2) is 10.3. The Kier molecular flexibility index (Phi) is 7.51. The van der Waals surface area contributed by atoms with E-state index in [9.17, 15) is 9.59 Å². The summed E-state index contributed by atoms with van der Waals surface area (Å²) in [7, 11) is 1.63. The fourth-order valence-electron chi connectivity index (χ4n) is 3.24. The Bertz CT molecular complexity index is 841. The van der Waals surface area contributed by atoms with Gasteiger partial charge in [0.15, 0.2) is 5.82 Å². The number of nitrogens with zero attached hydrogens (tertiary/aromatic N) is 3. The van der Waals surface area contributed by atoms with Gasteiger partial charge in [-0.15, -0.1) is 11.8 Å². The number of rotatable bonds is 8. The van der Waals surface area contributed by atoms with Crippen molar-refractivity contribution in [2.24, 2.45) is 0 Å². The molecule has 8 nitrogen and oxygen atoms in total. The van der Waals surface area contributed by atoms with Gasteiger partial charge in [0.05, 0.1) is 18.6 Å². The average Bonchev–Trinajstić information content (AvgIpc) is 3.05. The van der Waals surface area contributed by atoms with E-state index < -0.39 is 0 Å². The first-order valence-corrected chi connectivity index (χ1v) is 10.8. The molecule has 1 fully saturated rings. The van der Waals surface area contributed by atoms with Crippen LogP contribution in [0.5, 0.6) is 5.75 Å². The van der Waals surface area contributed by atoms with Crippen LogP contribution < -0.4 is 10.1 Å². The van der Waals surface area contributed by atoms with Crippen LogP contribution in [0.3, 0.4) is 0 Å². The third kappa shape index (κ3) is 6.49. The maximum Gasteiger partial charge on any atom is 0.236 e. The Morgan fingerprint density at radius 2 is 2.28 bits per heavy atom. The van der Waals surface area contributed by atoms with Gasteiger partial charge >= 0.3 is 0 Å². The minimum Gasteiger partial charge on any atom is -0.497 e. The number of aryl methyl sites for hydroxylation is 1. The maximum absolute atomic E-state index is 12.5. The van der Waals surface area contributed by atoms with E-state index in [1.54, 1.807) is 14.0 Å². The Morgan fingerprint density at radius 1 is 1.41 bits per heavy atom. The average molecular weight is 419 g/mol. The van der Waals surface area contributed by atoms with Crippen LogP contribution in [0.15, 0.2) is 28.8 Å². The summed E-state index contributed by atoms with van der Waals surface area (Å²) in [5.74, 6) is 2.80. The van der Waals surface area contributed by atoms with Crippen molar-refractivity contribution in [3.63, 3.8) is 0 Å². The van der Waals surface area contributed by atoms with E-state index in [-0.39, 0.29) is 17.9 Å². The molecule has 1 atom stereocenters. The number of ether oxygens (including phenoxy) is 1. The first-order chi connectivity index (χ1) is 14.0. The molecule has 1 unspecified atom stereocenters. The number of carbonyl (C=O) groups is 2. The van der Waals surface area contributed by atoms with Gasteiger partial charge in [-0.1, -0.05) is 17.3 Å². The van der Waals surface area contributed by atoms with E-state index in [1.165, 1.54) is 11.8 Å². The highest BCUT2D eigenvalue weighted by atomic mass is 32.2. The molecule has 2 aromatic rings. The van der Waals surface area contributed by atoms with E-state index >= 15 is 0 Å². The van der Waals surface area contributed by atoms with Gasteiger partial charge in [0, 0.05) is 25.6 Å². The fraction of sp³-hybridized carbons (Fsp3) is 0.500. The molecular formula is C20H26N4O4S. The molecule has 1 aromatic heterocycles. The van der Waals surface area contributed by atoms with Crippen LogP contribution >= 0.6 is 11.8 Å². The van der Waals surface area contributed by atoms with E-state index in [4.69, 9.17) is 9.26 Å². The smallest absolute Gasteiger partial charge is 0.236 e. The monoisotopic (exact) mass is 418 g/mol. The van der Waals surface area contributed by atoms with Gasteiger partial charge in [0.1, 0.15) is 5.75 Å². The third-order valence-electron chi connectivity index (χ3n) is 4.71. The second-order valence-corrected chi connectivity index (χ2v) is 7.97. The van der Waals surface area contributed by atoms with Crippen molar-refractivity contribution in [2.75, 3.05) is 19.4 Å². The molecule has 156 valence electrons. The van der Waals surface area contributed by atoms with Crippen LogP contribution in [0.2, 0.25) is 0 Å². The molecule has 0 radical (unpaired) electrons. The molecule has 0 spiro atoms. The van der Waals surface area contributed by atoms with E-state index in [1.807, 2.05) is 29.2 Å². The summed E-state index contributed by atoms with van der Waals surface area (Å²) in [6.07, 6.45) is 1.84. The van der Waals surface area contributed by atoms with Gasteiger partial charge in [-0.3, -0.25) is 9.59 Å². The van der Waals surface area contributed by atoms with Gasteiger partial charge in [0.25, 0.3) is 0 Å². The summed E-state index contributed by atoms with van der Waals surface area (Å²) >= 11 is 1.43. The van der Waals surface area contributed by atoms with Crippen LogP contribution in [-0.4, -0.2) is 52.3 Å². The van der Waals surface area contributed by atoms with Gasteiger partial charge in [-0.05, 0) is 37.5 Å². The van der Waals surface area contributed by atoms with Gasteiger partial charge in [-0.25, -0.2) is 0 Å². The predicted molar refractivity (Wildman–Crippen MR) is 109 cm³/mol. The van der Waals surface area contributed by atoms with Crippen molar-refractivity contribution in [3.8, 4) is 5.75 Å². The number of hydrogen-bond acceptors (Lipinski definition) is 7. The Labute approximate surface area is 174 Å². The van der Waals surface area contributed by atoms with Crippen LogP contribution in [0, 0.1) is 6.92 Å². The summed E-state index contributed by atoms with van der Waals surface area (Å²) in [5, 5.41) is 6.78. The summed E-state index contributed by atoms with van der Waals surface area (Å²) < 4.78 is 10.3. The third-order valence-corrected chi connectivity index (χ3v) is 5.63. The summed E-state index contributed by atoms with van der Waals surface area (Å²) in [4.78, 5) is 30.7. The molecule has 0 aliphatic carbocycles. The number of methoxy groups -OCH3 is 1. The number of benzene rings is 1. The van der Waals surface area contributed by atoms with Crippen molar-refractivity contribution in [1.82, 2.24) is 20.4 Å². The molecule has 1 N–H and O–H groups in total. The molecule has 9 heteroatoms. The lowest BCUT2D eigenvalue weighted by molar-refractivity contribution is -0.131. The van der Waals surface area contributed by atoms with Crippen LogP contribution in [0.25, 0.3) is 0 Å². The zero-order chi connectivity index (χ0) is 20.6. The normalized spacial score (nSPS) is 17.1. The van der Waals surface area contributed by atoms with E-state index in [0.717, 1.165) is 17.7 Å². The van der Waals surface area contributed by atoms with Gasteiger partial charge < -0.3 is 19.5 Å². The van der Waals surface area contributed by atoms with E-state index in [2.05, 4.69) is 15.5 Å². The Morgan fingerprint density at radius 3 is 3.03 bits per heavy atom. The molecule has 3 rings (SSSR count). The largest absolute Gasteiger partial charge is 0.497 e. The van der Waals surface area contributed by atoms with Crippen molar-refractivity contribution in [3.05, 3.63) is 41.5 Å². The van der Waals surface area contributed by atoms with Crippen molar-refractivity contribution < 1.29 is 18.8 Å². The van der Waals surface area contributed by atoms with Crippen molar-refractivity contribution >= 4 is 23.6 Å². The highest BCUT2D eigenvalue weighted by molar-refractivity contribution is 7.99. The number of hydrogen-bond donors (Lipinski definition) is 1.